The van der Waals surface area contributed by atoms with E-state index < -0.39 is 7.73 Å². The fourth-order valence-corrected chi connectivity index (χ4v) is 3.89. The summed E-state index contributed by atoms with van der Waals surface area (Å²) >= 11 is 6.03. The minimum absolute atomic E-state index is 0.0190. The molecule has 2 aromatic carbocycles. The number of hydrogen-bond donors (Lipinski definition) is 0. The van der Waals surface area contributed by atoms with Gasteiger partial charge in [0.15, 0.2) is 0 Å². The van der Waals surface area contributed by atoms with E-state index in [-0.39, 0.29) is 11.5 Å². The first-order valence-corrected chi connectivity index (χ1v) is 8.39. The van der Waals surface area contributed by atoms with Gasteiger partial charge in [-0.05, 0) is 33.6 Å². The van der Waals surface area contributed by atoms with Crippen molar-refractivity contribution >= 4 is 29.7 Å². The Kier molecular flexibility index (Phi) is 3.53. The molecule has 100 valence electrons. The van der Waals surface area contributed by atoms with E-state index in [9.17, 15) is 0 Å². The Labute approximate surface area is 119 Å². The number of rotatable bonds is 1. The molecule has 0 bridgehead atoms. The molecule has 3 rings (SSSR count). The Balaban J connectivity index is 2.02. The van der Waals surface area contributed by atoms with Gasteiger partial charge in [0.05, 0.1) is 12.7 Å². The van der Waals surface area contributed by atoms with Gasteiger partial charge in [0.1, 0.15) is 0 Å². The quantitative estimate of drug-likeness (QED) is 0.654. The van der Waals surface area contributed by atoms with Crippen molar-refractivity contribution < 1.29 is 9.05 Å². The lowest BCUT2D eigenvalue weighted by molar-refractivity contribution is -0.00558. The number of fused-ring (bicyclic) bond motifs is 1. The van der Waals surface area contributed by atoms with E-state index in [1.54, 1.807) is 0 Å². The summed E-state index contributed by atoms with van der Waals surface area (Å²) < 4.78 is 11.3. The highest BCUT2D eigenvalue weighted by Gasteiger charge is 2.39. The maximum atomic E-state index is 6.03. The first-order chi connectivity index (χ1) is 9.06. The Hall–Kier alpha value is -0.660. The third-order valence-electron chi connectivity index (χ3n) is 3.51. The van der Waals surface area contributed by atoms with E-state index in [1.807, 2.05) is 0 Å². The van der Waals surface area contributed by atoms with Crippen LogP contribution >= 0.6 is 19.0 Å². The smallest absolute Gasteiger partial charge is 0.277 e. The molecule has 1 aliphatic heterocycles. The lowest BCUT2D eigenvalue weighted by Gasteiger charge is -2.39. The SMILES string of the molecule is CC1(C)COP(Cl)OC1c1ccc2ccccc2c1. The van der Waals surface area contributed by atoms with Gasteiger partial charge >= 0.3 is 0 Å². The average molecular weight is 295 g/mol. The molecular weight excluding hydrogens is 279 g/mol. The topological polar surface area (TPSA) is 18.5 Å². The first kappa shape index (κ1) is 13.3. The Morgan fingerprint density at radius 2 is 1.89 bits per heavy atom. The molecule has 1 fully saturated rings. The van der Waals surface area contributed by atoms with Crippen molar-refractivity contribution in [3.05, 3.63) is 48.0 Å². The average Bonchev–Trinajstić information content (AvgIpc) is 2.41. The molecule has 1 aliphatic rings. The second-order valence-electron chi connectivity index (χ2n) is 5.57. The van der Waals surface area contributed by atoms with Crippen LogP contribution in [0.1, 0.15) is 25.5 Å². The zero-order chi connectivity index (χ0) is 13.5. The van der Waals surface area contributed by atoms with Crippen molar-refractivity contribution in [3.63, 3.8) is 0 Å². The molecule has 1 heterocycles. The van der Waals surface area contributed by atoms with Gasteiger partial charge in [-0.2, -0.15) is 0 Å². The van der Waals surface area contributed by atoms with Gasteiger partial charge in [0.2, 0.25) is 0 Å². The summed E-state index contributed by atoms with van der Waals surface area (Å²) in [4.78, 5) is 0. The largest absolute Gasteiger partial charge is 0.321 e. The molecule has 0 radical (unpaired) electrons. The van der Waals surface area contributed by atoms with Gasteiger partial charge in [-0.3, -0.25) is 0 Å². The minimum Gasteiger partial charge on any atom is -0.321 e. The molecule has 1 saturated heterocycles. The summed E-state index contributed by atoms with van der Waals surface area (Å²) in [7, 11) is -1.28. The fourth-order valence-electron chi connectivity index (χ4n) is 2.43. The maximum Gasteiger partial charge on any atom is 0.277 e. The minimum atomic E-state index is -1.28. The van der Waals surface area contributed by atoms with Crippen molar-refractivity contribution in [2.45, 2.75) is 20.0 Å². The lowest BCUT2D eigenvalue weighted by Crippen LogP contribution is -2.31. The van der Waals surface area contributed by atoms with E-state index >= 15 is 0 Å². The molecule has 0 aromatic heterocycles. The summed E-state index contributed by atoms with van der Waals surface area (Å²) in [5, 5.41) is 2.47. The van der Waals surface area contributed by atoms with E-state index in [1.165, 1.54) is 16.3 Å². The highest BCUT2D eigenvalue weighted by Crippen LogP contribution is 2.58. The molecular formula is C15H16ClO2P. The zero-order valence-corrected chi connectivity index (χ0v) is 12.6. The van der Waals surface area contributed by atoms with Crippen molar-refractivity contribution in [3.8, 4) is 0 Å². The molecule has 2 atom stereocenters. The molecule has 4 heteroatoms. The highest BCUT2D eigenvalue weighted by molar-refractivity contribution is 7.76. The maximum absolute atomic E-state index is 6.03. The second-order valence-corrected chi connectivity index (χ2v) is 7.29. The summed E-state index contributed by atoms with van der Waals surface area (Å²) in [6.07, 6.45) is -0.0190. The van der Waals surface area contributed by atoms with Gasteiger partial charge in [-0.15, -0.1) is 0 Å². The molecule has 2 unspecified atom stereocenters. The Morgan fingerprint density at radius 3 is 2.68 bits per heavy atom. The highest BCUT2D eigenvalue weighted by atomic mass is 35.7. The van der Waals surface area contributed by atoms with Gasteiger partial charge < -0.3 is 9.05 Å². The van der Waals surface area contributed by atoms with Crippen LogP contribution in [-0.2, 0) is 9.05 Å². The molecule has 0 amide bonds. The fraction of sp³-hybridized carbons (Fsp3) is 0.333. The molecule has 2 aromatic rings. The summed E-state index contributed by atoms with van der Waals surface area (Å²) in [6, 6.07) is 14.8. The van der Waals surface area contributed by atoms with Gasteiger partial charge in [0, 0.05) is 5.41 Å². The van der Waals surface area contributed by atoms with Crippen LogP contribution in [0.3, 0.4) is 0 Å². The van der Waals surface area contributed by atoms with Crippen LogP contribution in [0.25, 0.3) is 10.8 Å². The van der Waals surface area contributed by atoms with Crippen LogP contribution in [0.5, 0.6) is 0 Å². The summed E-state index contributed by atoms with van der Waals surface area (Å²) in [5.41, 5.74) is 1.09. The van der Waals surface area contributed by atoms with Crippen molar-refractivity contribution in [2.24, 2.45) is 5.41 Å². The van der Waals surface area contributed by atoms with Crippen molar-refractivity contribution in [1.82, 2.24) is 0 Å². The van der Waals surface area contributed by atoms with Crippen molar-refractivity contribution in [1.29, 1.82) is 0 Å². The Morgan fingerprint density at radius 1 is 1.16 bits per heavy atom. The van der Waals surface area contributed by atoms with Crippen LogP contribution in [0.4, 0.5) is 0 Å². The Bertz CT molecular complexity index is 599. The molecule has 0 aliphatic carbocycles. The molecule has 0 N–H and O–H groups in total. The van der Waals surface area contributed by atoms with Crippen LogP contribution in [0, 0.1) is 5.41 Å². The molecule has 0 saturated carbocycles. The number of benzene rings is 2. The summed E-state index contributed by atoms with van der Waals surface area (Å²) in [6.45, 7) is 4.91. The summed E-state index contributed by atoms with van der Waals surface area (Å²) in [5.74, 6) is 0. The van der Waals surface area contributed by atoms with E-state index in [0.717, 1.165) is 0 Å². The number of halogens is 1. The first-order valence-electron chi connectivity index (χ1n) is 6.30. The standard InChI is InChI=1S/C15H16ClO2P/c1-15(2)10-17-19(16)18-14(15)13-8-7-11-5-3-4-6-12(11)9-13/h3-9,14H,10H2,1-2H3. The van der Waals surface area contributed by atoms with E-state index in [2.05, 4.69) is 56.3 Å². The second kappa shape index (κ2) is 5.03. The predicted octanol–water partition coefficient (Wildman–Crippen LogP) is 5.42. The lowest BCUT2D eigenvalue weighted by atomic mass is 9.83. The third-order valence-corrected chi connectivity index (χ3v) is 4.75. The zero-order valence-electron chi connectivity index (χ0n) is 11.0. The van der Waals surface area contributed by atoms with Crippen LogP contribution in [0.15, 0.2) is 42.5 Å². The van der Waals surface area contributed by atoms with E-state index in [4.69, 9.17) is 20.3 Å². The monoisotopic (exact) mass is 294 g/mol. The van der Waals surface area contributed by atoms with Gasteiger partial charge in [-0.1, -0.05) is 50.2 Å². The molecule has 0 spiro atoms. The van der Waals surface area contributed by atoms with E-state index in [0.29, 0.717) is 6.61 Å². The number of hydrogen-bond acceptors (Lipinski definition) is 2. The van der Waals surface area contributed by atoms with Gasteiger partial charge in [-0.25, -0.2) is 0 Å². The van der Waals surface area contributed by atoms with Gasteiger partial charge in [0.25, 0.3) is 7.73 Å². The van der Waals surface area contributed by atoms with Crippen LogP contribution in [0.2, 0.25) is 0 Å². The molecule has 19 heavy (non-hydrogen) atoms. The van der Waals surface area contributed by atoms with Crippen LogP contribution < -0.4 is 0 Å². The van der Waals surface area contributed by atoms with Crippen molar-refractivity contribution in [2.75, 3.05) is 6.61 Å². The van der Waals surface area contributed by atoms with Crippen LogP contribution in [-0.4, -0.2) is 6.61 Å². The third kappa shape index (κ3) is 2.64. The molecule has 2 nitrogen and oxygen atoms in total. The normalized spacial score (nSPS) is 26.5. The predicted molar refractivity (Wildman–Crippen MR) is 80.3 cm³/mol.